The second-order valence-corrected chi connectivity index (χ2v) is 7.72. The summed E-state index contributed by atoms with van der Waals surface area (Å²) in [5.41, 5.74) is 0. The van der Waals surface area contributed by atoms with E-state index in [9.17, 15) is 0 Å². The van der Waals surface area contributed by atoms with Crippen LogP contribution in [0.15, 0.2) is 121 Å². The zero-order valence-electron chi connectivity index (χ0n) is 46.4. The zero-order chi connectivity index (χ0) is 66.6. The van der Waals surface area contributed by atoms with E-state index in [0.717, 1.165) is 0 Å². The predicted molar refractivity (Wildman–Crippen MR) is 253 cm³/mol. The van der Waals surface area contributed by atoms with Gasteiger partial charge in [0, 0.05) is 68.6 Å². The molecule has 0 saturated heterocycles. The Morgan fingerprint density at radius 1 is 0.202 bits per heavy atom. The van der Waals surface area contributed by atoms with Crippen molar-refractivity contribution in [3.8, 4) is 0 Å². The van der Waals surface area contributed by atoms with Crippen molar-refractivity contribution in [3.63, 3.8) is 0 Å². The standard InChI is InChI=1S/4C6H5.2C6H14.20CO.6Os.2Sb.2H/c4*1-2-4-6-5-3-1;2*1-3-5-6-4-2;20*1-2;;;;;;;;;;/h4*1-5H;2*3-6H2,1-2H3;;;;;;;;;;;;;;;;;;;;;;;;;;;;;;/q4*-1;;;;;;;;;;;;;;;;;;;;;;;;5*+1;;;2*-1. The third-order valence-electron chi connectivity index (χ3n) is 4.34. The van der Waals surface area contributed by atoms with Gasteiger partial charge in [0.15, 0.2) is 0 Å². The molecule has 4 rings (SSSR count). The molecule has 0 atom stereocenters. The molecule has 0 aliphatic carbocycles. The van der Waals surface area contributed by atoms with Crippen LogP contribution in [0.4, 0.5) is 0 Å². The molecule has 0 amide bonds. The SMILES string of the molecule is CCCCCC.CCCCCC.[C-]#[O+].[C-]#[O+].[C-]#[O+].[C-]#[O+].[C-]#[O+].[C-]#[O+].[C-]#[O+].[C-]#[O+].[C-]#[O+].[C-]#[O+].[C-]#[O+].[C-]#[O+].[C-]#[O+].[C-]#[O+].[C-]#[O+].[C-]#[O+].[C-]#[O+].[C-]#[O+].[C-]#[O+].[C-]#[O+].[H-].[H-].[Os+].[Os+].[Os+].[Os+].[Os+].[Os].[Sb].[Sb].[c-]1ccccc1.[c-]1ccccc1.[c-]1ccccc1.[c-]1ccccc1. The molecule has 0 unspecified atom stereocenters. The monoisotopic (exact) mass is 2440 g/mol. The minimum Gasteiger partial charge on any atom is -1.00 e. The summed E-state index contributed by atoms with van der Waals surface area (Å²) in [6.07, 6.45) is 11.1. The molecule has 84 heavy (non-hydrogen) atoms. The van der Waals surface area contributed by atoms with Crippen molar-refractivity contribution in [1.82, 2.24) is 0 Å². The third-order valence-corrected chi connectivity index (χ3v) is 4.34. The fourth-order valence-corrected chi connectivity index (χ4v) is 2.37. The van der Waals surface area contributed by atoms with Gasteiger partial charge in [-0.25, -0.2) is 0 Å². The molecule has 20 nitrogen and oxygen atoms in total. The van der Waals surface area contributed by atoms with Crippen LogP contribution in [0, 0.1) is 157 Å². The molecule has 11 radical (unpaired) electrons. The van der Waals surface area contributed by atoms with E-state index >= 15 is 0 Å². The van der Waals surface area contributed by atoms with Gasteiger partial charge in [-0.15, -0.1) is 0 Å². The average Bonchev–Trinajstić information content (AvgIpc) is 3.61. The second kappa shape index (κ2) is 591. The molecule has 4 aromatic carbocycles. The summed E-state index contributed by atoms with van der Waals surface area (Å²) in [4.78, 5) is 0. The molecule has 0 aliphatic heterocycles. The Bertz CT molecular complexity index is 1250. The Balaban J connectivity index is -0.0000000119. The molecular formula is C56H50O20Os6Sb2-. The van der Waals surface area contributed by atoms with Gasteiger partial charge in [0.1, 0.15) is 0 Å². The van der Waals surface area contributed by atoms with E-state index in [0.29, 0.717) is 0 Å². The third kappa shape index (κ3) is 656. The van der Waals surface area contributed by atoms with Crippen LogP contribution < -0.4 is 0 Å². The van der Waals surface area contributed by atoms with Gasteiger partial charge in [0.25, 0.3) is 0 Å². The largest absolute Gasteiger partial charge is 1.00 e. The molecule has 0 heterocycles. The minimum absolute atomic E-state index is 0. The van der Waals surface area contributed by atoms with Gasteiger partial charge < -0.3 is 2.85 Å². The molecule has 0 aliphatic rings. The van der Waals surface area contributed by atoms with Gasteiger partial charge >= 0.3 is 325 Å². The van der Waals surface area contributed by atoms with E-state index in [4.69, 9.17) is 93.0 Å². The Kier molecular flexibility index (Phi) is 1400. The first-order valence-electron chi connectivity index (χ1n) is 17.6. The van der Waals surface area contributed by atoms with Gasteiger partial charge in [-0.3, -0.25) is 0 Å². The maximum atomic E-state index is 7.50. The van der Waals surface area contributed by atoms with Crippen molar-refractivity contribution < 1.29 is 215 Å². The van der Waals surface area contributed by atoms with Crippen molar-refractivity contribution in [2.24, 2.45) is 0 Å². The fourth-order valence-electron chi connectivity index (χ4n) is 2.37. The molecule has 0 spiro atoms. The number of hydrogen-bond donors (Lipinski definition) is 0. The summed E-state index contributed by atoms with van der Waals surface area (Å²) in [5, 5.41) is 0. The number of benzene rings is 4. The minimum atomic E-state index is 0. The average molecular weight is 2430 g/mol. The van der Waals surface area contributed by atoms with Crippen molar-refractivity contribution in [1.29, 1.82) is 0 Å². The van der Waals surface area contributed by atoms with Crippen LogP contribution >= 0.6 is 0 Å². The normalized spacial score (nSPS) is 4.05. The summed E-state index contributed by atoms with van der Waals surface area (Å²) >= 11 is 0. The summed E-state index contributed by atoms with van der Waals surface area (Å²) < 4.78 is 150. The molecule has 0 N–H and O–H groups in total. The Morgan fingerprint density at radius 3 is 0.298 bits per heavy atom. The van der Waals surface area contributed by atoms with E-state index < -0.39 is 0 Å². The summed E-state index contributed by atoms with van der Waals surface area (Å²) in [7, 11) is 0. The summed E-state index contributed by atoms with van der Waals surface area (Å²) in [6, 6.07) is 50.0. The molecule has 0 aromatic heterocycles. The van der Waals surface area contributed by atoms with Crippen LogP contribution in [-0.4, -0.2) is 48.9 Å². The Labute approximate surface area is 614 Å². The molecule has 0 fully saturated rings. The van der Waals surface area contributed by atoms with E-state index in [-0.39, 0.29) is 170 Å². The zero-order valence-corrected chi connectivity index (χ0v) is 64.7. The van der Waals surface area contributed by atoms with Gasteiger partial charge in [0.05, 0.1) is 0 Å². The smallest absolute Gasteiger partial charge is 1.00 e. The summed E-state index contributed by atoms with van der Waals surface area (Å²) in [6.45, 7) is 98.9. The molecule has 0 saturated carbocycles. The van der Waals surface area contributed by atoms with Crippen LogP contribution in [0.25, 0.3) is 0 Å². The predicted octanol–water partition coefficient (Wildman–Crippen LogP) is 9.82. The molecule has 4 aromatic rings. The first kappa shape index (κ1) is 199. The number of rotatable bonds is 6. The van der Waals surface area contributed by atoms with Crippen LogP contribution in [0.3, 0.4) is 0 Å². The first-order chi connectivity index (χ1) is 37.8. The van der Waals surface area contributed by atoms with E-state index in [1.807, 2.05) is 121 Å². The van der Waals surface area contributed by atoms with Crippen LogP contribution in [0.5, 0.6) is 0 Å². The molecule has 0 bridgehead atoms. The van der Waals surface area contributed by atoms with Gasteiger partial charge in [-0.05, 0) is 0 Å². The van der Waals surface area contributed by atoms with Crippen LogP contribution in [0.1, 0.15) is 81.9 Å². The summed E-state index contributed by atoms with van der Waals surface area (Å²) in [5.74, 6) is 0. The quantitative estimate of drug-likeness (QED) is 0.0753. The second-order valence-electron chi connectivity index (χ2n) is 7.72. The maximum absolute atomic E-state index is 7.50. The topological polar surface area (TPSA) is 398 Å². The van der Waals surface area contributed by atoms with E-state index in [1.54, 1.807) is 0 Å². The van der Waals surface area contributed by atoms with Crippen molar-refractivity contribution in [3.05, 3.63) is 279 Å². The van der Waals surface area contributed by atoms with Gasteiger partial charge in [-0.2, -0.15) is 146 Å². The molecule has 28 heteroatoms. The van der Waals surface area contributed by atoms with Crippen LogP contribution in [0.2, 0.25) is 0 Å². The Morgan fingerprint density at radius 2 is 0.274 bits per heavy atom. The number of unbranched alkanes of at least 4 members (excludes halogenated alkanes) is 6. The Hall–Kier alpha value is -2.87. The van der Waals surface area contributed by atoms with Gasteiger partial charge in [0.2, 0.25) is 0 Å². The first-order valence-corrected chi connectivity index (χ1v) is 17.6. The van der Waals surface area contributed by atoms with Crippen molar-refractivity contribution >= 4 is 48.9 Å². The van der Waals surface area contributed by atoms with Gasteiger partial charge in [-0.1, -0.05) is 79.1 Å². The van der Waals surface area contributed by atoms with Crippen LogP contribution in [-0.2, 0) is 212 Å². The molecule has 453 valence electrons. The van der Waals surface area contributed by atoms with E-state index in [2.05, 4.69) is 185 Å². The fraction of sp³-hybridized carbons (Fsp3) is 0.214. The van der Waals surface area contributed by atoms with Crippen molar-refractivity contribution in [2.75, 3.05) is 0 Å². The van der Waals surface area contributed by atoms with E-state index in [1.165, 1.54) is 51.4 Å². The molecular weight excluding hydrogens is 2380 g/mol. The maximum Gasteiger partial charge on any atom is 1.00 e. The van der Waals surface area contributed by atoms with Crippen molar-refractivity contribution in [2.45, 2.75) is 79.1 Å². The number of hydrogen-bond acceptors (Lipinski definition) is 0.